The van der Waals surface area contributed by atoms with E-state index in [2.05, 4.69) is 0 Å². The van der Waals surface area contributed by atoms with Crippen molar-refractivity contribution in [2.75, 3.05) is 19.0 Å². The molecule has 104 valence electrons. The highest BCUT2D eigenvalue weighted by molar-refractivity contribution is 6.18. The normalized spacial score (nSPS) is 16.6. The van der Waals surface area contributed by atoms with Gasteiger partial charge in [0, 0.05) is 32.1 Å². The first-order valence-electron chi connectivity index (χ1n) is 6.19. The van der Waals surface area contributed by atoms with E-state index in [-0.39, 0.29) is 11.6 Å². The molecular formula is C12H16ClN3O3. The molecule has 0 aliphatic carbocycles. The Morgan fingerprint density at radius 2 is 2.16 bits per heavy atom. The standard InChI is InChI=1S/C12H16ClN3O3/c1-14-8-10(16(18)19)6-11(14)12(17)15-4-2-9(7-13)3-5-15/h6,8-9H,2-5,7H2,1H3. The van der Waals surface area contributed by atoms with Crippen LogP contribution in [0.2, 0.25) is 0 Å². The van der Waals surface area contributed by atoms with Gasteiger partial charge in [0.15, 0.2) is 0 Å². The van der Waals surface area contributed by atoms with Crippen LogP contribution < -0.4 is 0 Å². The van der Waals surface area contributed by atoms with Crippen LogP contribution in [0.15, 0.2) is 12.3 Å². The zero-order chi connectivity index (χ0) is 14.0. The number of nitro groups is 1. The number of piperidine rings is 1. The summed E-state index contributed by atoms with van der Waals surface area (Å²) < 4.78 is 1.51. The van der Waals surface area contributed by atoms with Crippen LogP contribution in [0.25, 0.3) is 0 Å². The van der Waals surface area contributed by atoms with Crippen molar-refractivity contribution in [1.82, 2.24) is 9.47 Å². The Balaban J connectivity index is 2.10. The van der Waals surface area contributed by atoms with Crippen molar-refractivity contribution in [3.63, 3.8) is 0 Å². The van der Waals surface area contributed by atoms with Gasteiger partial charge in [-0.1, -0.05) is 0 Å². The number of aromatic nitrogens is 1. The molecule has 0 atom stereocenters. The lowest BCUT2D eigenvalue weighted by molar-refractivity contribution is -0.384. The number of carbonyl (C=O) groups excluding carboxylic acids is 1. The van der Waals surface area contributed by atoms with Crippen molar-refractivity contribution in [2.45, 2.75) is 12.8 Å². The Morgan fingerprint density at radius 3 is 2.63 bits per heavy atom. The molecule has 1 amide bonds. The second-order valence-corrected chi connectivity index (χ2v) is 5.15. The van der Waals surface area contributed by atoms with Gasteiger partial charge in [0.25, 0.3) is 11.6 Å². The fraction of sp³-hybridized carbons (Fsp3) is 0.583. The predicted molar refractivity (Wildman–Crippen MR) is 71.4 cm³/mol. The van der Waals surface area contributed by atoms with E-state index in [1.54, 1.807) is 11.9 Å². The van der Waals surface area contributed by atoms with Gasteiger partial charge in [-0.2, -0.15) is 0 Å². The molecule has 1 aliphatic rings. The Morgan fingerprint density at radius 1 is 1.53 bits per heavy atom. The van der Waals surface area contributed by atoms with Crippen molar-refractivity contribution >= 4 is 23.2 Å². The van der Waals surface area contributed by atoms with Gasteiger partial charge in [0.2, 0.25) is 0 Å². The van der Waals surface area contributed by atoms with Crippen LogP contribution in [0.1, 0.15) is 23.3 Å². The van der Waals surface area contributed by atoms with E-state index in [1.165, 1.54) is 16.8 Å². The lowest BCUT2D eigenvalue weighted by Gasteiger charge is -2.31. The number of hydrogen-bond donors (Lipinski definition) is 0. The molecular weight excluding hydrogens is 270 g/mol. The van der Waals surface area contributed by atoms with Gasteiger partial charge in [-0.05, 0) is 18.8 Å². The van der Waals surface area contributed by atoms with Gasteiger partial charge >= 0.3 is 0 Å². The fourth-order valence-corrected chi connectivity index (χ4v) is 2.62. The van der Waals surface area contributed by atoms with Gasteiger partial charge in [-0.25, -0.2) is 0 Å². The molecule has 0 bridgehead atoms. The number of hydrogen-bond acceptors (Lipinski definition) is 3. The minimum absolute atomic E-state index is 0.0542. The molecule has 0 unspecified atom stereocenters. The summed E-state index contributed by atoms with van der Waals surface area (Å²) in [5, 5.41) is 10.7. The lowest BCUT2D eigenvalue weighted by Crippen LogP contribution is -2.39. The predicted octanol–water partition coefficient (Wildman–Crippen LogP) is 2.02. The molecule has 19 heavy (non-hydrogen) atoms. The number of amides is 1. The molecule has 0 N–H and O–H groups in total. The smallest absolute Gasteiger partial charge is 0.287 e. The van der Waals surface area contributed by atoms with E-state index in [4.69, 9.17) is 11.6 Å². The number of nitrogens with zero attached hydrogens (tertiary/aromatic N) is 3. The molecule has 0 radical (unpaired) electrons. The monoisotopic (exact) mass is 285 g/mol. The van der Waals surface area contributed by atoms with E-state index in [0.29, 0.717) is 30.6 Å². The van der Waals surface area contributed by atoms with Crippen LogP contribution in [0.4, 0.5) is 5.69 Å². The van der Waals surface area contributed by atoms with Crippen molar-refractivity contribution in [3.8, 4) is 0 Å². The first-order chi connectivity index (χ1) is 9.02. The van der Waals surface area contributed by atoms with E-state index < -0.39 is 4.92 Å². The van der Waals surface area contributed by atoms with Gasteiger partial charge in [0.05, 0.1) is 11.1 Å². The molecule has 6 nitrogen and oxygen atoms in total. The Kier molecular flexibility index (Phi) is 4.09. The van der Waals surface area contributed by atoms with E-state index in [0.717, 1.165) is 12.8 Å². The maximum atomic E-state index is 12.3. The van der Waals surface area contributed by atoms with Crippen molar-refractivity contribution in [3.05, 3.63) is 28.1 Å². The zero-order valence-corrected chi connectivity index (χ0v) is 11.5. The van der Waals surface area contributed by atoms with Crippen molar-refractivity contribution in [2.24, 2.45) is 13.0 Å². The summed E-state index contributed by atoms with van der Waals surface area (Å²) in [6.07, 6.45) is 3.14. The molecule has 0 saturated carbocycles. The molecule has 7 heteroatoms. The lowest BCUT2D eigenvalue weighted by atomic mass is 9.99. The number of halogens is 1. The summed E-state index contributed by atoms with van der Waals surface area (Å²) in [6.45, 7) is 1.32. The SMILES string of the molecule is Cn1cc([N+](=O)[O-])cc1C(=O)N1CCC(CCl)CC1. The molecule has 1 aromatic heterocycles. The minimum Gasteiger partial charge on any atom is -0.340 e. The van der Waals surface area contributed by atoms with Gasteiger partial charge in [0.1, 0.15) is 5.69 Å². The minimum atomic E-state index is -0.490. The van der Waals surface area contributed by atoms with Crippen molar-refractivity contribution < 1.29 is 9.72 Å². The van der Waals surface area contributed by atoms with E-state index in [9.17, 15) is 14.9 Å². The van der Waals surface area contributed by atoms with Crippen LogP contribution in [0, 0.1) is 16.0 Å². The first-order valence-corrected chi connectivity index (χ1v) is 6.72. The summed E-state index contributed by atoms with van der Waals surface area (Å²) in [5.74, 6) is 0.939. The summed E-state index contributed by atoms with van der Waals surface area (Å²) >= 11 is 5.81. The average Bonchev–Trinajstić information content (AvgIpc) is 2.80. The van der Waals surface area contributed by atoms with E-state index in [1.807, 2.05) is 0 Å². The molecule has 2 rings (SSSR count). The maximum absolute atomic E-state index is 12.3. The van der Waals surface area contributed by atoms with Gasteiger partial charge in [-0.3, -0.25) is 14.9 Å². The number of rotatable bonds is 3. The largest absolute Gasteiger partial charge is 0.340 e. The second kappa shape index (κ2) is 5.61. The first kappa shape index (κ1) is 13.9. The van der Waals surface area contributed by atoms with Crippen LogP contribution in [-0.2, 0) is 7.05 Å². The molecule has 1 saturated heterocycles. The molecule has 0 aromatic carbocycles. The summed E-state index contributed by atoms with van der Waals surface area (Å²) in [6, 6.07) is 1.33. The summed E-state index contributed by atoms with van der Waals surface area (Å²) in [5.41, 5.74) is 0.303. The average molecular weight is 286 g/mol. The highest BCUT2D eigenvalue weighted by atomic mass is 35.5. The van der Waals surface area contributed by atoms with Gasteiger partial charge < -0.3 is 9.47 Å². The second-order valence-electron chi connectivity index (χ2n) is 4.84. The number of aryl methyl sites for hydroxylation is 1. The Hall–Kier alpha value is -1.56. The Bertz CT molecular complexity index is 492. The van der Waals surface area contributed by atoms with Gasteiger partial charge in [-0.15, -0.1) is 11.6 Å². The number of alkyl halides is 1. The molecule has 2 heterocycles. The molecule has 0 spiro atoms. The molecule has 1 aliphatic heterocycles. The third kappa shape index (κ3) is 2.89. The van der Waals surface area contributed by atoms with Crippen LogP contribution >= 0.6 is 11.6 Å². The number of carbonyl (C=O) groups is 1. The third-order valence-electron chi connectivity index (χ3n) is 3.54. The summed E-state index contributed by atoms with van der Waals surface area (Å²) in [7, 11) is 1.64. The topological polar surface area (TPSA) is 68.4 Å². The third-order valence-corrected chi connectivity index (χ3v) is 3.98. The number of likely N-dealkylation sites (tertiary alicyclic amines) is 1. The van der Waals surface area contributed by atoms with Crippen LogP contribution in [0.5, 0.6) is 0 Å². The zero-order valence-electron chi connectivity index (χ0n) is 10.7. The van der Waals surface area contributed by atoms with E-state index >= 15 is 0 Å². The van der Waals surface area contributed by atoms with Crippen molar-refractivity contribution in [1.29, 1.82) is 0 Å². The van der Waals surface area contributed by atoms with Crippen LogP contribution in [0.3, 0.4) is 0 Å². The van der Waals surface area contributed by atoms with Crippen LogP contribution in [-0.4, -0.2) is 39.3 Å². The Labute approximate surface area is 116 Å². The maximum Gasteiger partial charge on any atom is 0.287 e. The summed E-state index contributed by atoms with van der Waals surface area (Å²) in [4.78, 5) is 24.2. The fourth-order valence-electron chi connectivity index (χ4n) is 2.31. The molecule has 1 fully saturated rings. The molecule has 1 aromatic rings. The highest BCUT2D eigenvalue weighted by Gasteiger charge is 2.26. The quantitative estimate of drug-likeness (QED) is 0.485. The highest BCUT2D eigenvalue weighted by Crippen LogP contribution is 2.22.